The second-order valence-corrected chi connectivity index (χ2v) is 12.1. The molecule has 0 aliphatic heterocycles. The SMILES string of the molecule is Cc1cc([N+](=O)[O-])ccc1-c1ccc(C=Nc2sc3c(c2C(=O)Nc2ccccc2)CC[C@H](C(C)(C)C)C3)o1. The third-order valence-electron chi connectivity index (χ3n) is 7.35. The number of para-hydroxylation sites is 1. The van der Waals surface area contributed by atoms with Gasteiger partial charge in [0.2, 0.25) is 0 Å². The summed E-state index contributed by atoms with van der Waals surface area (Å²) in [5, 5.41) is 14.8. The van der Waals surface area contributed by atoms with E-state index >= 15 is 0 Å². The second-order valence-electron chi connectivity index (χ2n) is 11.0. The number of carbonyl (C=O) groups is 1. The molecule has 1 amide bonds. The van der Waals surface area contributed by atoms with Gasteiger partial charge in [0.1, 0.15) is 16.5 Å². The highest BCUT2D eigenvalue weighted by Gasteiger charge is 2.33. The molecule has 0 saturated carbocycles. The summed E-state index contributed by atoms with van der Waals surface area (Å²) in [7, 11) is 0. The van der Waals surface area contributed by atoms with Crippen LogP contribution in [-0.2, 0) is 12.8 Å². The molecule has 1 aliphatic rings. The van der Waals surface area contributed by atoms with Crippen LogP contribution in [0.25, 0.3) is 11.3 Å². The number of nitrogens with one attached hydrogen (secondary N) is 1. The highest BCUT2D eigenvalue weighted by Crippen LogP contribution is 2.45. The standard InChI is InChI=1S/C31H31N3O4S/c1-19-16-22(34(36)37)11-14-24(19)26-15-12-23(38-26)18-32-30-28(29(35)33-21-8-6-5-7-9-21)25-13-10-20(31(2,3)4)17-27(25)39-30/h5-9,11-12,14-16,18,20H,10,13,17H2,1-4H3,(H,33,35)/t20-/m0/s1. The molecule has 0 bridgehead atoms. The van der Waals surface area contributed by atoms with Gasteiger partial charge < -0.3 is 9.73 Å². The highest BCUT2D eigenvalue weighted by atomic mass is 32.1. The molecule has 0 radical (unpaired) electrons. The minimum Gasteiger partial charge on any atom is -0.455 e. The van der Waals surface area contributed by atoms with Gasteiger partial charge in [0, 0.05) is 28.3 Å². The number of fused-ring (bicyclic) bond motifs is 1. The van der Waals surface area contributed by atoms with Crippen molar-refractivity contribution in [3.05, 3.63) is 98.1 Å². The molecule has 0 spiro atoms. The van der Waals surface area contributed by atoms with Gasteiger partial charge in [-0.3, -0.25) is 14.9 Å². The Hall–Kier alpha value is -4.04. The fourth-order valence-corrected chi connectivity index (χ4v) is 6.35. The van der Waals surface area contributed by atoms with Gasteiger partial charge in [0.15, 0.2) is 0 Å². The van der Waals surface area contributed by atoms with E-state index in [-0.39, 0.29) is 17.0 Å². The van der Waals surface area contributed by atoms with Crippen molar-refractivity contribution < 1.29 is 14.1 Å². The molecule has 2 aromatic heterocycles. The molecular formula is C31H31N3O4S. The third-order valence-corrected chi connectivity index (χ3v) is 8.51. The molecule has 7 nitrogen and oxygen atoms in total. The topological polar surface area (TPSA) is 97.7 Å². The van der Waals surface area contributed by atoms with Crippen LogP contribution in [0.15, 0.2) is 70.1 Å². The molecule has 0 saturated heterocycles. The van der Waals surface area contributed by atoms with Crippen LogP contribution in [0, 0.1) is 28.4 Å². The lowest BCUT2D eigenvalue weighted by Crippen LogP contribution is -2.27. The first-order valence-corrected chi connectivity index (χ1v) is 13.8. The van der Waals surface area contributed by atoms with Crippen molar-refractivity contribution in [2.24, 2.45) is 16.3 Å². The van der Waals surface area contributed by atoms with E-state index < -0.39 is 4.92 Å². The Morgan fingerprint density at radius 2 is 1.92 bits per heavy atom. The number of carbonyl (C=O) groups excluding carboxylic acids is 1. The summed E-state index contributed by atoms with van der Waals surface area (Å²) in [6, 6.07) is 17.8. The van der Waals surface area contributed by atoms with Gasteiger partial charge in [-0.05, 0) is 79.0 Å². The normalized spacial score (nSPS) is 15.3. The number of nitro groups is 1. The lowest BCUT2D eigenvalue weighted by molar-refractivity contribution is -0.384. The Morgan fingerprint density at radius 3 is 2.62 bits per heavy atom. The van der Waals surface area contributed by atoms with Crippen molar-refractivity contribution in [1.82, 2.24) is 0 Å². The number of hydrogen-bond donors (Lipinski definition) is 1. The van der Waals surface area contributed by atoms with Crippen LogP contribution >= 0.6 is 11.3 Å². The van der Waals surface area contributed by atoms with Crippen molar-refractivity contribution in [1.29, 1.82) is 0 Å². The number of benzene rings is 2. The van der Waals surface area contributed by atoms with E-state index in [4.69, 9.17) is 9.41 Å². The van der Waals surface area contributed by atoms with E-state index in [1.165, 1.54) is 17.0 Å². The van der Waals surface area contributed by atoms with Crippen molar-refractivity contribution in [3.63, 3.8) is 0 Å². The highest BCUT2D eigenvalue weighted by molar-refractivity contribution is 7.16. The van der Waals surface area contributed by atoms with Crippen molar-refractivity contribution in [2.45, 2.75) is 47.0 Å². The number of non-ortho nitro benzene ring substituents is 1. The minimum absolute atomic E-state index is 0.0428. The van der Waals surface area contributed by atoms with Gasteiger partial charge in [-0.1, -0.05) is 39.0 Å². The maximum absolute atomic E-state index is 13.5. The number of furan rings is 1. The fraction of sp³-hybridized carbons (Fsp3) is 0.290. The maximum Gasteiger partial charge on any atom is 0.269 e. The van der Waals surface area contributed by atoms with Crippen LogP contribution < -0.4 is 5.32 Å². The summed E-state index contributed by atoms with van der Waals surface area (Å²) < 4.78 is 6.02. The molecule has 39 heavy (non-hydrogen) atoms. The zero-order valence-electron chi connectivity index (χ0n) is 22.5. The molecule has 5 rings (SSSR count). The molecule has 1 atom stereocenters. The second kappa shape index (κ2) is 10.6. The molecule has 1 aliphatic carbocycles. The Bertz CT molecular complexity index is 1560. The number of nitrogens with zero attached hydrogens (tertiary/aromatic N) is 2. The predicted octanol–water partition coefficient (Wildman–Crippen LogP) is 8.38. The molecule has 8 heteroatoms. The first-order chi connectivity index (χ1) is 18.6. The molecular weight excluding hydrogens is 510 g/mol. The third kappa shape index (κ3) is 5.71. The summed E-state index contributed by atoms with van der Waals surface area (Å²) in [6.07, 6.45) is 4.47. The molecule has 0 unspecified atom stereocenters. The summed E-state index contributed by atoms with van der Waals surface area (Å²) in [5.41, 5.74) is 4.25. The molecule has 4 aromatic rings. The van der Waals surface area contributed by atoms with Gasteiger partial charge in [-0.25, -0.2) is 4.99 Å². The predicted molar refractivity (Wildman–Crippen MR) is 156 cm³/mol. The average Bonchev–Trinajstić information content (AvgIpc) is 3.51. The zero-order valence-corrected chi connectivity index (χ0v) is 23.3. The zero-order chi connectivity index (χ0) is 27.7. The van der Waals surface area contributed by atoms with Gasteiger partial charge in [-0.2, -0.15) is 0 Å². The van der Waals surface area contributed by atoms with Gasteiger partial charge in [-0.15, -0.1) is 11.3 Å². The molecule has 1 N–H and O–H groups in total. The summed E-state index contributed by atoms with van der Waals surface area (Å²) in [6.45, 7) is 8.65. The summed E-state index contributed by atoms with van der Waals surface area (Å²) in [5.74, 6) is 1.53. The van der Waals surface area contributed by atoms with Crippen LogP contribution in [0.4, 0.5) is 16.4 Å². The lowest BCUT2D eigenvalue weighted by Gasteiger charge is -2.33. The van der Waals surface area contributed by atoms with E-state index in [0.717, 1.165) is 41.6 Å². The Balaban J connectivity index is 1.46. The van der Waals surface area contributed by atoms with E-state index in [9.17, 15) is 14.9 Å². The number of aliphatic imine (C=N–C) groups is 1. The number of thiophene rings is 1. The van der Waals surface area contributed by atoms with Crippen LogP contribution in [-0.4, -0.2) is 17.0 Å². The van der Waals surface area contributed by atoms with Crippen molar-refractivity contribution >= 4 is 39.8 Å². The Morgan fingerprint density at radius 1 is 1.15 bits per heavy atom. The van der Waals surface area contributed by atoms with Crippen LogP contribution in [0.3, 0.4) is 0 Å². The van der Waals surface area contributed by atoms with Crippen LogP contribution in [0.2, 0.25) is 0 Å². The monoisotopic (exact) mass is 541 g/mol. The number of rotatable bonds is 6. The first-order valence-electron chi connectivity index (χ1n) is 13.0. The number of hydrogen-bond acceptors (Lipinski definition) is 6. The van der Waals surface area contributed by atoms with Crippen molar-refractivity contribution in [2.75, 3.05) is 5.32 Å². The fourth-order valence-electron chi connectivity index (χ4n) is 5.08. The van der Waals surface area contributed by atoms with E-state index in [2.05, 4.69) is 26.1 Å². The smallest absolute Gasteiger partial charge is 0.269 e. The average molecular weight is 542 g/mol. The van der Waals surface area contributed by atoms with E-state index in [1.54, 1.807) is 23.6 Å². The molecule has 0 fully saturated rings. The molecule has 2 heterocycles. The number of nitro benzene ring substituents is 1. The number of aryl methyl sites for hydroxylation is 1. The van der Waals surface area contributed by atoms with Gasteiger partial charge in [0.05, 0.1) is 16.7 Å². The van der Waals surface area contributed by atoms with Gasteiger partial charge in [0.25, 0.3) is 11.6 Å². The Labute approximate surface area is 231 Å². The maximum atomic E-state index is 13.5. The van der Waals surface area contributed by atoms with E-state index in [1.807, 2.05) is 49.4 Å². The lowest BCUT2D eigenvalue weighted by atomic mass is 9.72. The molecule has 200 valence electrons. The first kappa shape index (κ1) is 26.6. The number of amides is 1. The Kier molecular flexibility index (Phi) is 7.23. The van der Waals surface area contributed by atoms with Crippen molar-refractivity contribution in [3.8, 4) is 11.3 Å². The van der Waals surface area contributed by atoms with E-state index in [0.29, 0.717) is 28.0 Å². The molecule has 2 aromatic carbocycles. The van der Waals surface area contributed by atoms with Gasteiger partial charge >= 0.3 is 0 Å². The van der Waals surface area contributed by atoms with Crippen LogP contribution in [0.5, 0.6) is 0 Å². The number of anilines is 1. The minimum atomic E-state index is -0.410. The largest absolute Gasteiger partial charge is 0.455 e. The summed E-state index contributed by atoms with van der Waals surface area (Å²) >= 11 is 1.59. The quantitative estimate of drug-likeness (QED) is 0.151. The summed E-state index contributed by atoms with van der Waals surface area (Å²) in [4.78, 5) is 30.2. The van der Waals surface area contributed by atoms with Crippen LogP contribution in [0.1, 0.15) is 59.3 Å².